The number of aromatic nitrogens is 2. The third-order valence-electron chi connectivity index (χ3n) is 2.75. The summed E-state index contributed by atoms with van der Waals surface area (Å²) in [6.07, 6.45) is 0. The first-order valence-electron chi connectivity index (χ1n) is 5.56. The smallest absolute Gasteiger partial charge is 0.0597 e. The molecule has 0 unspecified atom stereocenters. The van der Waals surface area contributed by atoms with Crippen molar-refractivity contribution in [1.29, 1.82) is 0 Å². The maximum absolute atomic E-state index is 4.33. The average Bonchev–Trinajstić information content (AvgIpc) is 2.60. The van der Waals surface area contributed by atoms with Gasteiger partial charge >= 0.3 is 0 Å². The Morgan fingerprint density at radius 2 is 2.12 bits per heavy atom. The molecule has 2 aromatic rings. The van der Waals surface area contributed by atoms with Crippen molar-refractivity contribution in [3.63, 3.8) is 0 Å². The average molecular weight is 294 g/mol. The summed E-state index contributed by atoms with van der Waals surface area (Å²) in [4.78, 5) is 0. The lowest BCUT2D eigenvalue weighted by molar-refractivity contribution is 0.713. The van der Waals surface area contributed by atoms with Gasteiger partial charge < -0.3 is 5.32 Å². The van der Waals surface area contributed by atoms with Gasteiger partial charge in [0.05, 0.1) is 17.9 Å². The number of hydrogen-bond acceptors (Lipinski definition) is 2. The Morgan fingerprint density at radius 3 is 2.76 bits per heavy atom. The highest BCUT2D eigenvalue weighted by molar-refractivity contribution is 9.10. The molecule has 1 aromatic heterocycles. The number of aryl methyl sites for hydroxylation is 3. The number of nitrogens with zero attached hydrogens (tertiary/aromatic N) is 2. The fourth-order valence-electron chi connectivity index (χ4n) is 1.80. The van der Waals surface area contributed by atoms with Crippen LogP contribution in [0.2, 0.25) is 0 Å². The predicted molar refractivity (Wildman–Crippen MR) is 74.2 cm³/mol. The molecule has 0 bridgehead atoms. The minimum atomic E-state index is 0.777. The molecule has 0 spiro atoms. The van der Waals surface area contributed by atoms with Crippen molar-refractivity contribution in [3.05, 3.63) is 45.7 Å². The molecular formula is C13H16BrN3. The first kappa shape index (κ1) is 12.2. The second-order valence-electron chi connectivity index (χ2n) is 4.19. The van der Waals surface area contributed by atoms with E-state index in [1.54, 1.807) is 0 Å². The second kappa shape index (κ2) is 4.92. The van der Waals surface area contributed by atoms with E-state index < -0.39 is 0 Å². The van der Waals surface area contributed by atoms with Crippen LogP contribution >= 0.6 is 15.9 Å². The lowest BCUT2D eigenvalue weighted by atomic mass is 10.2. The SMILES string of the molecule is Cc1cc(CNc2cccc(C)c2Br)n(C)n1. The monoisotopic (exact) mass is 293 g/mol. The van der Waals surface area contributed by atoms with E-state index in [2.05, 4.69) is 57.5 Å². The van der Waals surface area contributed by atoms with Crippen LogP contribution in [0.1, 0.15) is 17.0 Å². The number of benzene rings is 1. The molecular weight excluding hydrogens is 278 g/mol. The summed E-state index contributed by atoms with van der Waals surface area (Å²) in [6, 6.07) is 8.30. The van der Waals surface area contributed by atoms with E-state index in [-0.39, 0.29) is 0 Å². The Morgan fingerprint density at radius 1 is 1.35 bits per heavy atom. The Balaban J connectivity index is 2.12. The molecule has 1 N–H and O–H groups in total. The first-order valence-corrected chi connectivity index (χ1v) is 6.35. The lowest BCUT2D eigenvalue weighted by Gasteiger charge is -2.10. The fourth-order valence-corrected chi connectivity index (χ4v) is 2.20. The summed E-state index contributed by atoms with van der Waals surface area (Å²) in [7, 11) is 1.97. The van der Waals surface area contributed by atoms with Gasteiger partial charge in [0.15, 0.2) is 0 Å². The summed E-state index contributed by atoms with van der Waals surface area (Å²) in [5.41, 5.74) is 4.57. The van der Waals surface area contributed by atoms with Crippen LogP contribution in [0.3, 0.4) is 0 Å². The Hall–Kier alpha value is -1.29. The van der Waals surface area contributed by atoms with Crippen molar-refractivity contribution >= 4 is 21.6 Å². The number of halogens is 1. The van der Waals surface area contributed by atoms with E-state index in [0.717, 1.165) is 22.4 Å². The molecule has 0 saturated heterocycles. The van der Waals surface area contributed by atoms with Crippen molar-refractivity contribution in [1.82, 2.24) is 9.78 Å². The molecule has 0 amide bonds. The van der Waals surface area contributed by atoms with Crippen LogP contribution in [0.4, 0.5) is 5.69 Å². The third kappa shape index (κ3) is 2.69. The normalized spacial score (nSPS) is 10.6. The van der Waals surface area contributed by atoms with Gasteiger partial charge in [-0.1, -0.05) is 12.1 Å². The van der Waals surface area contributed by atoms with Gasteiger partial charge in [-0.15, -0.1) is 0 Å². The van der Waals surface area contributed by atoms with Crippen molar-refractivity contribution in [2.24, 2.45) is 7.05 Å². The van der Waals surface area contributed by atoms with Crippen molar-refractivity contribution in [3.8, 4) is 0 Å². The molecule has 0 saturated carbocycles. The molecule has 0 radical (unpaired) electrons. The Kier molecular flexibility index (Phi) is 3.52. The third-order valence-corrected chi connectivity index (χ3v) is 3.80. The van der Waals surface area contributed by atoms with Crippen LogP contribution < -0.4 is 5.32 Å². The van der Waals surface area contributed by atoms with Gasteiger partial charge in [0.2, 0.25) is 0 Å². The second-order valence-corrected chi connectivity index (χ2v) is 4.98. The zero-order valence-electron chi connectivity index (χ0n) is 10.3. The number of anilines is 1. The number of nitrogens with one attached hydrogen (secondary N) is 1. The van der Waals surface area contributed by atoms with E-state index in [1.165, 1.54) is 11.3 Å². The van der Waals surface area contributed by atoms with Gasteiger partial charge in [-0.25, -0.2) is 0 Å². The number of rotatable bonds is 3. The van der Waals surface area contributed by atoms with E-state index >= 15 is 0 Å². The molecule has 1 heterocycles. The molecule has 4 heteroatoms. The standard InChI is InChI=1S/C13H16BrN3/c1-9-5-4-6-12(13(9)14)15-8-11-7-10(2)16-17(11)3/h4-7,15H,8H2,1-3H3. The quantitative estimate of drug-likeness (QED) is 0.940. The van der Waals surface area contributed by atoms with Crippen LogP contribution in [-0.4, -0.2) is 9.78 Å². The van der Waals surface area contributed by atoms with Crippen LogP contribution in [0, 0.1) is 13.8 Å². The van der Waals surface area contributed by atoms with E-state index in [1.807, 2.05) is 18.7 Å². The highest BCUT2D eigenvalue weighted by Gasteiger charge is 2.04. The van der Waals surface area contributed by atoms with Crippen molar-refractivity contribution in [2.75, 3.05) is 5.32 Å². The molecule has 0 fully saturated rings. The summed E-state index contributed by atoms with van der Waals surface area (Å²) in [5, 5.41) is 7.74. The Labute approximate surface area is 110 Å². The zero-order chi connectivity index (χ0) is 12.4. The summed E-state index contributed by atoms with van der Waals surface area (Å²) in [6.45, 7) is 4.87. The van der Waals surface area contributed by atoms with Crippen LogP contribution in [0.15, 0.2) is 28.7 Å². The highest BCUT2D eigenvalue weighted by atomic mass is 79.9. The van der Waals surface area contributed by atoms with Crippen molar-refractivity contribution < 1.29 is 0 Å². The van der Waals surface area contributed by atoms with Crippen LogP contribution in [0.5, 0.6) is 0 Å². The van der Waals surface area contributed by atoms with E-state index in [4.69, 9.17) is 0 Å². The summed E-state index contributed by atoms with van der Waals surface area (Å²) < 4.78 is 3.03. The molecule has 0 aliphatic heterocycles. The maximum Gasteiger partial charge on any atom is 0.0597 e. The fraction of sp³-hybridized carbons (Fsp3) is 0.308. The minimum absolute atomic E-state index is 0.777. The largest absolute Gasteiger partial charge is 0.378 e. The number of hydrogen-bond donors (Lipinski definition) is 1. The van der Waals surface area contributed by atoms with Gasteiger partial charge in [0, 0.05) is 17.2 Å². The van der Waals surface area contributed by atoms with E-state index in [9.17, 15) is 0 Å². The highest BCUT2D eigenvalue weighted by Crippen LogP contribution is 2.26. The molecule has 1 aromatic carbocycles. The van der Waals surface area contributed by atoms with E-state index in [0.29, 0.717) is 0 Å². The topological polar surface area (TPSA) is 29.9 Å². The lowest BCUT2D eigenvalue weighted by Crippen LogP contribution is -2.05. The van der Waals surface area contributed by atoms with Gasteiger partial charge in [-0.05, 0) is 47.5 Å². The van der Waals surface area contributed by atoms with Crippen molar-refractivity contribution in [2.45, 2.75) is 20.4 Å². The first-order chi connectivity index (χ1) is 8.08. The Bertz CT molecular complexity index is 531. The molecule has 0 aliphatic carbocycles. The molecule has 2 rings (SSSR count). The summed E-state index contributed by atoms with van der Waals surface area (Å²) >= 11 is 3.59. The molecule has 0 atom stereocenters. The summed E-state index contributed by atoms with van der Waals surface area (Å²) in [5.74, 6) is 0. The van der Waals surface area contributed by atoms with Crippen LogP contribution in [-0.2, 0) is 13.6 Å². The minimum Gasteiger partial charge on any atom is -0.378 e. The molecule has 90 valence electrons. The van der Waals surface area contributed by atoms with Gasteiger partial charge in [-0.3, -0.25) is 4.68 Å². The van der Waals surface area contributed by atoms with Gasteiger partial charge in [0.25, 0.3) is 0 Å². The maximum atomic E-state index is 4.33. The zero-order valence-corrected chi connectivity index (χ0v) is 11.9. The molecule has 3 nitrogen and oxygen atoms in total. The molecule has 0 aliphatic rings. The molecule has 17 heavy (non-hydrogen) atoms. The van der Waals surface area contributed by atoms with Gasteiger partial charge in [0.1, 0.15) is 0 Å². The predicted octanol–water partition coefficient (Wildman–Crippen LogP) is 3.41. The van der Waals surface area contributed by atoms with Crippen LogP contribution in [0.25, 0.3) is 0 Å². The van der Waals surface area contributed by atoms with Gasteiger partial charge in [-0.2, -0.15) is 5.10 Å².